The molecule has 0 amide bonds. The van der Waals surface area contributed by atoms with Crippen LogP contribution in [-0.4, -0.2) is 45.1 Å². The van der Waals surface area contributed by atoms with Crippen LogP contribution in [0, 0.1) is 0 Å². The molecule has 118 valence electrons. The molecular weight excluding hydrogens is 312 g/mol. The summed E-state index contributed by atoms with van der Waals surface area (Å²) in [5, 5.41) is 0.529. The van der Waals surface area contributed by atoms with Crippen molar-refractivity contribution in [1.29, 1.82) is 0 Å². The van der Waals surface area contributed by atoms with Crippen molar-refractivity contribution in [2.75, 3.05) is 26.2 Å². The van der Waals surface area contributed by atoms with E-state index in [1.165, 1.54) is 4.31 Å². The van der Waals surface area contributed by atoms with Crippen LogP contribution in [0.4, 0.5) is 0 Å². The third-order valence-electron chi connectivity index (χ3n) is 3.55. The molecule has 21 heavy (non-hydrogen) atoms. The standard InChI is InChI=1S/C14H21ClN2O3S/c15-12-2-4-14(5-3-12)21(18,19)17-9-6-13(7-10-17)20-11-1-8-16/h2-5,13H,1,6-11,16H2. The van der Waals surface area contributed by atoms with Crippen molar-refractivity contribution in [3.05, 3.63) is 29.3 Å². The zero-order chi connectivity index (χ0) is 15.3. The minimum Gasteiger partial charge on any atom is -0.378 e. The highest BCUT2D eigenvalue weighted by atomic mass is 35.5. The largest absolute Gasteiger partial charge is 0.378 e. The van der Waals surface area contributed by atoms with Gasteiger partial charge in [0.05, 0.1) is 11.0 Å². The van der Waals surface area contributed by atoms with Gasteiger partial charge in [-0.3, -0.25) is 0 Å². The lowest BCUT2D eigenvalue weighted by molar-refractivity contribution is 0.0209. The summed E-state index contributed by atoms with van der Waals surface area (Å²) in [7, 11) is -3.43. The van der Waals surface area contributed by atoms with Gasteiger partial charge in [0, 0.05) is 24.7 Å². The normalized spacial score (nSPS) is 18.0. The Kier molecular flexibility index (Phi) is 6.01. The number of benzene rings is 1. The van der Waals surface area contributed by atoms with Crippen LogP contribution in [0.2, 0.25) is 5.02 Å². The van der Waals surface area contributed by atoms with E-state index >= 15 is 0 Å². The third-order valence-corrected chi connectivity index (χ3v) is 5.72. The van der Waals surface area contributed by atoms with Gasteiger partial charge < -0.3 is 10.5 Å². The van der Waals surface area contributed by atoms with E-state index in [4.69, 9.17) is 22.1 Å². The Hall–Kier alpha value is -0.660. The average molecular weight is 333 g/mol. The molecule has 0 spiro atoms. The Bertz CT molecular complexity index is 540. The van der Waals surface area contributed by atoms with Gasteiger partial charge in [-0.1, -0.05) is 11.6 Å². The van der Waals surface area contributed by atoms with E-state index in [0.29, 0.717) is 31.3 Å². The third kappa shape index (κ3) is 4.40. The van der Waals surface area contributed by atoms with Gasteiger partial charge in [-0.05, 0) is 50.1 Å². The molecule has 0 radical (unpaired) electrons. The first-order valence-electron chi connectivity index (χ1n) is 7.11. The van der Waals surface area contributed by atoms with Crippen LogP contribution < -0.4 is 5.73 Å². The van der Waals surface area contributed by atoms with Gasteiger partial charge in [0.2, 0.25) is 10.0 Å². The van der Waals surface area contributed by atoms with Crippen molar-refractivity contribution in [3.63, 3.8) is 0 Å². The molecule has 1 aliphatic rings. The second kappa shape index (κ2) is 7.56. The van der Waals surface area contributed by atoms with E-state index in [-0.39, 0.29) is 11.0 Å². The van der Waals surface area contributed by atoms with E-state index in [0.717, 1.165) is 19.3 Å². The molecule has 1 aromatic rings. The highest BCUT2D eigenvalue weighted by molar-refractivity contribution is 7.89. The molecule has 1 heterocycles. The van der Waals surface area contributed by atoms with Crippen molar-refractivity contribution < 1.29 is 13.2 Å². The van der Waals surface area contributed by atoms with Gasteiger partial charge in [0.15, 0.2) is 0 Å². The summed E-state index contributed by atoms with van der Waals surface area (Å²) < 4.78 is 32.2. The Morgan fingerprint density at radius 3 is 2.43 bits per heavy atom. The van der Waals surface area contributed by atoms with Gasteiger partial charge in [0.1, 0.15) is 0 Å². The van der Waals surface area contributed by atoms with Gasteiger partial charge in [0.25, 0.3) is 0 Å². The zero-order valence-electron chi connectivity index (χ0n) is 11.9. The number of rotatable bonds is 6. The summed E-state index contributed by atoms with van der Waals surface area (Å²) in [6.45, 7) is 2.23. The molecule has 0 unspecified atom stereocenters. The van der Waals surface area contributed by atoms with Gasteiger partial charge in [-0.15, -0.1) is 0 Å². The lowest BCUT2D eigenvalue weighted by Gasteiger charge is -2.31. The van der Waals surface area contributed by atoms with E-state index < -0.39 is 10.0 Å². The van der Waals surface area contributed by atoms with E-state index in [9.17, 15) is 8.42 Å². The number of halogens is 1. The van der Waals surface area contributed by atoms with Crippen LogP contribution in [-0.2, 0) is 14.8 Å². The first-order valence-corrected chi connectivity index (χ1v) is 8.93. The Morgan fingerprint density at radius 1 is 1.24 bits per heavy atom. The smallest absolute Gasteiger partial charge is 0.243 e. The predicted octanol–water partition coefficient (Wildman–Crippen LogP) is 1.86. The lowest BCUT2D eigenvalue weighted by Crippen LogP contribution is -2.40. The summed E-state index contributed by atoms with van der Waals surface area (Å²) in [5.74, 6) is 0. The number of hydrogen-bond donors (Lipinski definition) is 1. The molecular formula is C14H21ClN2O3S. The molecule has 2 rings (SSSR count). The van der Waals surface area contributed by atoms with E-state index in [2.05, 4.69) is 0 Å². The van der Waals surface area contributed by atoms with Crippen LogP contribution in [0.25, 0.3) is 0 Å². The number of hydrogen-bond acceptors (Lipinski definition) is 4. The average Bonchev–Trinajstić information content (AvgIpc) is 2.48. The summed E-state index contributed by atoms with van der Waals surface area (Å²) in [4.78, 5) is 0.286. The molecule has 0 bridgehead atoms. The molecule has 0 aliphatic carbocycles. The van der Waals surface area contributed by atoms with Gasteiger partial charge >= 0.3 is 0 Å². The minimum atomic E-state index is -3.43. The monoisotopic (exact) mass is 332 g/mol. The molecule has 0 atom stereocenters. The first-order chi connectivity index (χ1) is 10.0. The molecule has 5 nitrogen and oxygen atoms in total. The fourth-order valence-corrected chi connectivity index (χ4v) is 3.92. The number of ether oxygens (including phenoxy) is 1. The Labute approximate surface area is 131 Å². The maximum Gasteiger partial charge on any atom is 0.243 e. The minimum absolute atomic E-state index is 0.133. The van der Waals surface area contributed by atoms with Crippen LogP contribution in [0.5, 0.6) is 0 Å². The lowest BCUT2D eigenvalue weighted by atomic mass is 10.1. The number of nitrogens with zero attached hydrogens (tertiary/aromatic N) is 1. The number of sulfonamides is 1. The SMILES string of the molecule is NCCCOC1CCN(S(=O)(=O)c2ccc(Cl)cc2)CC1. The van der Waals surface area contributed by atoms with Crippen LogP contribution in [0.15, 0.2) is 29.2 Å². The summed E-state index contributed by atoms with van der Waals surface area (Å²) in [6.07, 6.45) is 2.41. The van der Waals surface area contributed by atoms with Crippen molar-refractivity contribution in [1.82, 2.24) is 4.31 Å². The van der Waals surface area contributed by atoms with Crippen LogP contribution in [0.3, 0.4) is 0 Å². The van der Waals surface area contributed by atoms with Crippen molar-refractivity contribution in [3.8, 4) is 0 Å². The summed E-state index contributed by atoms with van der Waals surface area (Å²) in [5.41, 5.74) is 5.42. The van der Waals surface area contributed by atoms with E-state index in [1.54, 1.807) is 24.3 Å². The molecule has 1 saturated heterocycles. The topological polar surface area (TPSA) is 72.6 Å². The first kappa shape index (κ1) is 16.7. The second-order valence-corrected chi connectivity index (χ2v) is 7.44. The van der Waals surface area contributed by atoms with Crippen molar-refractivity contribution >= 4 is 21.6 Å². The van der Waals surface area contributed by atoms with Gasteiger partial charge in [-0.25, -0.2) is 8.42 Å². The number of piperidine rings is 1. The zero-order valence-corrected chi connectivity index (χ0v) is 13.4. The molecule has 1 aliphatic heterocycles. The maximum absolute atomic E-state index is 12.5. The summed E-state index contributed by atoms with van der Waals surface area (Å²) in [6, 6.07) is 6.28. The van der Waals surface area contributed by atoms with Crippen molar-refractivity contribution in [2.45, 2.75) is 30.3 Å². The molecule has 1 fully saturated rings. The summed E-state index contributed by atoms with van der Waals surface area (Å²) >= 11 is 5.79. The molecule has 0 saturated carbocycles. The highest BCUT2D eigenvalue weighted by Gasteiger charge is 2.29. The molecule has 2 N–H and O–H groups in total. The molecule has 0 aromatic heterocycles. The van der Waals surface area contributed by atoms with Crippen molar-refractivity contribution in [2.24, 2.45) is 5.73 Å². The Balaban J connectivity index is 1.93. The van der Waals surface area contributed by atoms with Crippen LogP contribution >= 0.6 is 11.6 Å². The fourth-order valence-electron chi connectivity index (χ4n) is 2.33. The number of nitrogens with two attached hydrogens (primary N) is 1. The quantitative estimate of drug-likeness (QED) is 0.807. The molecule has 1 aromatic carbocycles. The second-order valence-electron chi connectivity index (χ2n) is 5.07. The van der Waals surface area contributed by atoms with Crippen LogP contribution in [0.1, 0.15) is 19.3 Å². The van der Waals surface area contributed by atoms with Gasteiger partial charge in [-0.2, -0.15) is 4.31 Å². The Morgan fingerprint density at radius 2 is 1.86 bits per heavy atom. The maximum atomic E-state index is 12.5. The van der Waals surface area contributed by atoms with E-state index in [1.807, 2.05) is 0 Å². The fraction of sp³-hybridized carbons (Fsp3) is 0.571. The molecule has 7 heteroatoms. The highest BCUT2D eigenvalue weighted by Crippen LogP contribution is 2.23. The predicted molar refractivity (Wildman–Crippen MR) is 82.9 cm³/mol.